The molecule has 0 aliphatic rings. The number of benzene rings is 1. The fraction of sp³-hybridized carbons (Fsp3) is 0.625. The maximum atomic E-state index is 9.60. The third-order valence-corrected chi connectivity index (χ3v) is 3.68. The second kappa shape index (κ2) is 22.2. The summed E-state index contributed by atoms with van der Waals surface area (Å²) in [6.07, 6.45) is 6.94. The smallest absolute Gasteiger partial charge is 0.293 e. The molecule has 0 radical (unpaired) electrons. The van der Waals surface area contributed by atoms with Gasteiger partial charge in [0.2, 0.25) is 0 Å². The molecule has 4 heteroatoms. The lowest BCUT2D eigenvalue weighted by Gasteiger charge is -2.14. The molecule has 0 aromatic heterocycles. The van der Waals surface area contributed by atoms with Gasteiger partial charge in [0.1, 0.15) is 5.60 Å². The molecule has 0 aliphatic heterocycles. The highest BCUT2D eigenvalue weighted by atomic mass is 79.9. The van der Waals surface area contributed by atoms with Crippen LogP contribution in [-0.4, -0.2) is 25.7 Å². The molecule has 0 unspecified atom stereocenters. The third-order valence-electron chi connectivity index (χ3n) is 3.03. The Balaban J connectivity index is -0.000000355. The lowest BCUT2D eigenvalue weighted by atomic mass is 10.1. The zero-order valence-electron chi connectivity index (χ0n) is 19.6. The van der Waals surface area contributed by atoms with E-state index in [1.165, 1.54) is 24.0 Å². The van der Waals surface area contributed by atoms with Crippen molar-refractivity contribution >= 4 is 28.5 Å². The van der Waals surface area contributed by atoms with Crippen molar-refractivity contribution in [3.63, 3.8) is 0 Å². The maximum Gasteiger partial charge on any atom is 0.293 e. The van der Waals surface area contributed by atoms with Crippen molar-refractivity contribution in [2.24, 2.45) is 5.92 Å². The van der Waals surface area contributed by atoms with Crippen molar-refractivity contribution in [2.45, 2.75) is 79.2 Å². The molecule has 1 aromatic carbocycles. The van der Waals surface area contributed by atoms with Crippen molar-refractivity contribution in [1.82, 2.24) is 5.32 Å². The summed E-state index contributed by atoms with van der Waals surface area (Å²) in [5.41, 5.74) is 2.24. The van der Waals surface area contributed by atoms with Gasteiger partial charge in [-0.2, -0.15) is 0 Å². The minimum atomic E-state index is -0.318. The zero-order valence-corrected chi connectivity index (χ0v) is 21.2. The van der Waals surface area contributed by atoms with Crippen LogP contribution in [0.2, 0.25) is 0 Å². The number of likely N-dealkylation sites (N-methyl/N-ethyl adjacent to an activating group) is 1. The summed E-state index contributed by atoms with van der Waals surface area (Å²) in [4.78, 5) is 9.60. The number of rotatable bonds is 7. The largest absolute Gasteiger partial charge is 0.462 e. The van der Waals surface area contributed by atoms with Crippen LogP contribution in [0.15, 0.2) is 30.3 Å². The number of alkyl halides is 1. The predicted molar refractivity (Wildman–Crippen MR) is 130 cm³/mol. The molecule has 0 bridgehead atoms. The first kappa shape index (κ1) is 31.6. The van der Waals surface area contributed by atoms with E-state index in [0.29, 0.717) is 6.47 Å². The Morgan fingerprint density at radius 1 is 1.14 bits per heavy atom. The van der Waals surface area contributed by atoms with Crippen LogP contribution < -0.4 is 5.32 Å². The number of hydrogen-bond acceptors (Lipinski definition) is 3. The van der Waals surface area contributed by atoms with E-state index in [9.17, 15) is 4.79 Å². The van der Waals surface area contributed by atoms with Gasteiger partial charge in [0.15, 0.2) is 0 Å². The minimum absolute atomic E-state index is 0.318. The van der Waals surface area contributed by atoms with Crippen LogP contribution in [0.4, 0.5) is 0 Å². The van der Waals surface area contributed by atoms with Gasteiger partial charge in [-0.3, -0.25) is 4.79 Å². The highest BCUT2D eigenvalue weighted by molar-refractivity contribution is 9.08. The lowest BCUT2D eigenvalue weighted by Crippen LogP contribution is -2.17. The van der Waals surface area contributed by atoms with E-state index < -0.39 is 0 Å². The molecule has 0 amide bonds. The van der Waals surface area contributed by atoms with Crippen LogP contribution in [-0.2, 0) is 14.9 Å². The quantitative estimate of drug-likeness (QED) is 0.346. The van der Waals surface area contributed by atoms with Gasteiger partial charge < -0.3 is 10.1 Å². The van der Waals surface area contributed by atoms with Gasteiger partial charge in [-0.25, -0.2) is 0 Å². The SMILES string of the molecule is CC.CC(C)(C)OC=O.CCCC(C)C.CNC/C=C/c1ccc(CBr)cc1. The highest BCUT2D eigenvalue weighted by Gasteiger charge is 2.07. The summed E-state index contributed by atoms with van der Waals surface area (Å²) in [5.74, 6) is 0.898. The minimum Gasteiger partial charge on any atom is -0.462 e. The molecule has 0 saturated carbocycles. The van der Waals surface area contributed by atoms with Gasteiger partial charge >= 0.3 is 0 Å². The molecule has 3 nitrogen and oxygen atoms in total. The molecule has 0 aliphatic carbocycles. The van der Waals surface area contributed by atoms with Crippen molar-refractivity contribution in [2.75, 3.05) is 13.6 Å². The molecule has 0 atom stereocenters. The monoisotopic (exact) mass is 457 g/mol. The second-order valence-electron chi connectivity index (χ2n) is 7.34. The van der Waals surface area contributed by atoms with Crippen LogP contribution in [0, 0.1) is 5.92 Å². The highest BCUT2D eigenvalue weighted by Crippen LogP contribution is 2.08. The predicted octanol–water partition coefficient (Wildman–Crippen LogP) is 7.24. The fourth-order valence-corrected chi connectivity index (χ4v) is 2.13. The molecule has 164 valence electrons. The Kier molecular flexibility index (Phi) is 25.0. The second-order valence-corrected chi connectivity index (χ2v) is 7.90. The number of ether oxygens (including phenoxy) is 1. The molecule has 1 rings (SSSR count). The van der Waals surface area contributed by atoms with Gasteiger partial charge in [0, 0.05) is 11.9 Å². The summed E-state index contributed by atoms with van der Waals surface area (Å²) in [7, 11) is 1.94. The van der Waals surface area contributed by atoms with Crippen molar-refractivity contribution in [1.29, 1.82) is 0 Å². The standard InChI is InChI=1S/C11H14BrN.C6H14.C5H10O2.C2H6/c1-13-8-2-3-10-4-6-11(9-12)7-5-10;1-4-5-6(2)3;1-5(2,3)7-4-6;1-2/h2-7,13H,8-9H2,1H3;6H,4-5H2,1-3H3;4H,1-3H3;1-2H3/b3-2+;;;. The third kappa shape index (κ3) is 27.1. The molecule has 0 saturated heterocycles. The van der Waals surface area contributed by atoms with E-state index in [0.717, 1.165) is 17.8 Å². The molecule has 1 aromatic rings. The van der Waals surface area contributed by atoms with Gasteiger partial charge in [-0.1, -0.05) is 99.8 Å². The zero-order chi connectivity index (χ0) is 22.4. The van der Waals surface area contributed by atoms with E-state index in [4.69, 9.17) is 0 Å². The van der Waals surface area contributed by atoms with Gasteiger partial charge in [-0.05, 0) is 44.9 Å². The van der Waals surface area contributed by atoms with Crippen LogP contribution in [0.3, 0.4) is 0 Å². The molecule has 0 heterocycles. The molecular formula is C24H44BrNO2. The molecule has 0 fully saturated rings. The van der Waals surface area contributed by atoms with Crippen LogP contribution in [0.5, 0.6) is 0 Å². The summed E-state index contributed by atoms with van der Waals surface area (Å²) in [6.45, 7) is 17.6. The summed E-state index contributed by atoms with van der Waals surface area (Å²) < 4.78 is 4.55. The Morgan fingerprint density at radius 3 is 1.93 bits per heavy atom. The molecule has 1 N–H and O–H groups in total. The van der Waals surface area contributed by atoms with Crippen LogP contribution in [0.25, 0.3) is 6.08 Å². The Bertz CT molecular complexity index is 462. The van der Waals surface area contributed by atoms with Crippen molar-refractivity contribution in [3.8, 4) is 0 Å². The number of carbonyl (C=O) groups excluding carboxylic acids is 1. The first-order valence-corrected chi connectivity index (χ1v) is 11.4. The Hall–Kier alpha value is -1.13. The van der Waals surface area contributed by atoms with E-state index in [-0.39, 0.29) is 5.60 Å². The molecule has 28 heavy (non-hydrogen) atoms. The van der Waals surface area contributed by atoms with Gasteiger partial charge in [0.05, 0.1) is 0 Å². The van der Waals surface area contributed by atoms with E-state index in [2.05, 4.69) is 83.2 Å². The number of carbonyl (C=O) groups is 1. The van der Waals surface area contributed by atoms with E-state index in [1.807, 2.05) is 41.7 Å². The molecule has 0 spiro atoms. The number of nitrogens with one attached hydrogen (secondary N) is 1. The van der Waals surface area contributed by atoms with Crippen molar-refractivity contribution < 1.29 is 9.53 Å². The van der Waals surface area contributed by atoms with Crippen LogP contribution in [0.1, 0.15) is 79.4 Å². The normalized spacial score (nSPS) is 10.1. The van der Waals surface area contributed by atoms with Crippen molar-refractivity contribution in [3.05, 3.63) is 41.5 Å². The number of halogens is 1. The van der Waals surface area contributed by atoms with Crippen LogP contribution >= 0.6 is 15.9 Å². The number of hydrogen-bond donors (Lipinski definition) is 1. The summed E-state index contributed by atoms with van der Waals surface area (Å²) in [6, 6.07) is 8.52. The topological polar surface area (TPSA) is 38.3 Å². The Morgan fingerprint density at radius 2 is 1.68 bits per heavy atom. The summed E-state index contributed by atoms with van der Waals surface area (Å²) >= 11 is 3.42. The van der Waals surface area contributed by atoms with E-state index >= 15 is 0 Å². The first-order valence-electron chi connectivity index (χ1n) is 10.3. The summed E-state index contributed by atoms with van der Waals surface area (Å²) in [5, 5.41) is 3.99. The van der Waals surface area contributed by atoms with Gasteiger partial charge in [0.25, 0.3) is 6.47 Å². The van der Waals surface area contributed by atoms with Gasteiger partial charge in [-0.15, -0.1) is 0 Å². The maximum absolute atomic E-state index is 9.60. The Labute approximate surface area is 183 Å². The average molecular weight is 459 g/mol. The fourth-order valence-electron chi connectivity index (χ4n) is 1.75. The average Bonchev–Trinajstić information content (AvgIpc) is 2.64. The molecular weight excluding hydrogens is 414 g/mol. The lowest BCUT2D eigenvalue weighted by molar-refractivity contribution is -0.138. The first-order chi connectivity index (χ1) is 13.2. The van der Waals surface area contributed by atoms with E-state index in [1.54, 1.807) is 0 Å².